The number of furan rings is 1. The van der Waals surface area contributed by atoms with Gasteiger partial charge in [0.25, 0.3) is 0 Å². The van der Waals surface area contributed by atoms with Gasteiger partial charge in [0, 0.05) is 6.54 Å². The normalized spacial score (nSPS) is 13.9. The van der Waals surface area contributed by atoms with Crippen LogP contribution in [0.15, 0.2) is 46.9 Å². The standard InChI is InChI=1S/C16H19NO3/c1-11-8-9-15(20-11)12(2)17-10-14(16(18)19)13-6-4-3-5-7-13/h3-9,12,14,17H,10H2,1-2H3,(H,18,19). The van der Waals surface area contributed by atoms with Crippen LogP contribution in [0.1, 0.15) is 36.0 Å². The zero-order valence-electron chi connectivity index (χ0n) is 11.7. The first kappa shape index (κ1) is 14.3. The van der Waals surface area contributed by atoms with E-state index in [0.717, 1.165) is 17.1 Å². The Bertz CT molecular complexity index is 562. The lowest BCUT2D eigenvalue weighted by Gasteiger charge is -2.17. The summed E-state index contributed by atoms with van der Waals surface area (Å²) in [5.74, 6) is 0.285. The molecule has 0 spiro atoms. The minimum absolute atomic E-state index is 0.0192. The summed E-state index contributed by atoms with van der Waals surface area (Å²) in [5.41, 5.74) is 0.801. The van der Waals surface area contributed by atoms with Crippen molar-refractivity contribution >= 4 is 5.97 Å². The maximum Gasteiger partial charge on any atom is 0.312 e. The molecule has 0 saturated heterocycles. The van der Waals surface area contributed by atoms with Crippen LogP contribution in [0.2, 0.25) is 0 Å². The molecule has 20 heavy (non-hydrogen) atoms. The Kier molecular flexibility index (Phi) is 4.58. The van der Waals surface area contributed by atoms with Crippen molar-refractivity contribution in [1.82, 2.24) is 5.32 Å². The van der Waals surface area contributed by atoms with Crippen molar-refractivity contribution < 1.29 is 14.3 Å². The molecule has 0 aliphatic rings. The average molecular weight is 273 g/mol. The van der Waals surface area contributed by atoms with E-state index in [9.17, 15) is 9.90 Å². The molecule has 0 saturated carbocycles. The van der Waals surface area contributed by atoms with Gasteiger partial charge in [0.2, 0.25) is 0 Å². The lowest BCUT2D eigenvalue weighted by atomic mass is 9.99. The van der Waals surface area contributed by atoms with E-state index in [0.29, 0.717) is 6.54 Å². The van der Waals surface area contributed by atoms with E-state index in [2.05, 4.69) is 5.32 Å². The van der Waals surface area contributed by atoms with E-state index in [1.807, 2.05) is 56.3 Å². The van der Waals surface area contributed by atoms with E-state index in [-0.39, 0.29) is 6.04 Å². The predicted molar refractivity (Wildman–Crippen MR) is 76.7 cm³/mol. The summed E-state index contributed by atoms with van der Waals surface area (Å²) in [4.78, 5) is 11.4. The first-order valence-electron chi connectivity index (χ1n) is 6.65. The van der Waals surface area contributed by atoms with Gasteiger partial charge >= 0.3 is 5.97 Å². The highest BCUT2D eigenvalue weighted by Gasteiger charge is 2.21. The molecule has 4 heteroatoms. The highest BCUT2D eigenvalue weighted by Crippen LogP contribution is 2.19. The second-order valence-electron chi connectivity index (χ2n) is 4.88. The van der Waals surface area contributed by atoms with E-state index >= 15 is 0 Å². The topological polar surface area (TPSA) is 62.5 Å². The zero-order chi connectivity index (χ0) is 14.5. The number of carboxylic acid groups (broad SMARTS) is 1. The second kappa shape index (κ2) is 6.39. The van der Waals surface area contributed by atoms with Gasteiger partial charge in [-0.25, -0.2) is 0 Å². The van der Waals surface area contributed by atoms with Gasteiger partial charge in [0.15, 0.2) is 0 Å². The first-order chi connectivity index (χ1) is 9.58. The highest BCUT2D eigenvalue weighted by atomic mass is 16.4. The predicted octanol–water partition coefficient (Wildman–Crippen LogP) is 3.11. The maximum atomic E-state index is 11.4. The quantitative estimate of drug-likeness (QED) is 0.849. The van der Waals surface area contributed by atoms with Crippen LogP contribution < -0.4 is 5.32 Å². The van der Waals surface area contributed by atoms with Crippen LogP contribution in [-0.4, -0.2) is 17.6 Å². The Morgan fingerprint density at radius 3 is 2.50 bits per heavy atom. The molecule has 2 atom stereocenters. The van der Waals surface area contributed by atoms with Gasteiger partial charge in [0.1, 0.15) is 11.5 Å². The smallest absolute Gasteiger partial charge is 0.312 e. The van der Waals surface area contributed by atoms with Gasteiger partial charge in [-0.15, -0.1) is 0 Å². The summed E-state index contributed by atoms with van der Waals surface area (Å²) in [7, 11) is 0. The van der Waals surface area contributed by atoms with Crippen LogP contribution in [0.4, 0.5) is 0 Å². The molecule has 0 fully saturated rings. The summed E-state index contributed by atoms with van der Waals surface area (Å²) < 4.78 is 5.53. The lowest BCUT2D eigenvalue weighted by molar-refractivity contribution is -0.138. The van der Waals surface area contributed by atoms with Crippen molar-refractivity contribution in [3.05, 3.63) is 59.5 Å². The van der Waals surface area contributed by atoms with Gasteiger partial charge < -0.3 is 14.8 Å². The lowest BCUT2D eigenvalue weighted by Crippen LogP contribution is -2.28. The zero-order valence-corrected chi connectivity index (χ0v) is 11.7. The van der Waals surface area contributed by atoms with Crippen LogP contribution in [0.5, 0.6) is 0 Å². The summed E-state index contributed by atoms with van der Waals surface area (Å²) >= 11 is 0. The third-order valence-corrected chi connectivity index (χ3v) is 3.32. The van der Waals surface area contributed by atoms with Crippen LogP contribution in [-0.2, 0) is 4.79 Å². The number of benzene rings is 1. The first-order valence-corrected chi connectivity index (χ1v) is 6.65. The van der Waals surface area contributed by atoms with Crippen LogP contribution >= 0.6 is 0 Å². The summed E-state index contributed by atoms with van der Waals surface area (Å²) in [6, 6.07) is 13.0. The van der Waals surface area contributed by atoms with Crippen LogP contribution in [0, 0.1) is 6.92 Å². The largest absolute Gasteiger partial charge is 0.481 e. The summed E-state index contributed by atoms with van der Waals surface area (Å²) in [6.07, 6.45) is 0. The van der Waals surface area contributed by atoms with E-state index < -0.39 is 11.9 Å². The van der Waals surface area contributed by atoms with Gasteiger partial charge in [-0.3, -0.25) is 4.79 Å². The van der Waals surface area contributed by atoms with Crippen molar-refractivity contribution in [3.63, 3.8) is 0 Å². The van der Waals surface area contributed by atoms with Crippen LogP contribution in [0.3, 0.4) is 0 Å². The molecular formula is C16H19NO3. The highest BCUT2D eigenvalue weighted by molar-refractivity contribution is 5.76. The Balaban J connectivity index is 2.01. The van der Waals surface area contributed by atoms with E-state index in [1.54, 1.807) is 0 Å². The molecule has 0 bridgehead atoms. The molecule has 0 aliphatic heterocycles. The van der Waals surface area contributed by atoms with Gasteiger partial charge in [-0.05, 0) is 31.5 Å². The molecule has 2 unspecified atom stereocenters. The van der Waals surface area contributed by atoms with Gasteiger partial charge in [-0.2, -0.15) is 0 Å². The molecule has 1 aromatic heterocycles. The Labute approximate surface area is 118 Å². The Hall–Kier alpha value is -2.07. The van der Waals surface area contributed by atoms with Crippen molar-refractivity contribution in [1.29, 1.82) is 0 Å². The molecule has 0 radical (unpaired) electrons. The Morgan fingerprint density at radius 1 is 1.25 bits per heavy atom. The van der Waals surface area contributed by atoms with Gasteiger partial charge in [-0.1, -0.05) is 30.3 Å². The SMILES string of the molecule is Cc1ccc(C(C)NCC(C(=O)O)c2ccccc2)o1. The number of rotatable bonds is 6. The Morgan fingerprint density at radius 2 is 1.95 bits per heavy atom. The fourth-order valence-electron chi connectivity index (χ4n) is 2.11. The van der Waals surface area contributed by atoms with Crippen molar-refractivity contribution in [2.24, 2.45) is 0 Å². The number of nitrogens with one attached hydrogen (secondary N) is 1. The molecule has 0 amide bonds. The minimum Gasteiger partial charge on any atom is -0.481 e. The molecule has 106 valence electrons. The molecule has 2 rings (SSSR count). The monoisotopic (exact) mass is 273 g/mol. The third-order valence-electron chi connectivity index (χ3n) is 3.32. The maximum absolute atomic E-state index is 11.4. The van der Waals surface area contributed by atoms with E-state index in [1.165, 1.54) is 0 Å². The molecule has 4 nitrogen and oxygen atoms in total. The summed E-state index contributed by atoms with van der Waals surface area (Å²) in [6.45, 7) is 4.21. The minimum atomic E-state index is -0.827. The number of hydrogen-bond acceptors (Lipinski definition) is 3. The van der Waals surface area contributed by atoms with E-state index in [4.69, 9.17) is 4.42 Å². The van der Waals surface area contributed by atoms with Crippen molar-refractivity contribution in [2.45, 2.75) is 25.8 Å². The van der Waals surface area contributed by atoms with Crippen LogP contribution in [0.25, 0.3) is 0 Å². The fraction of sp³-hybridized carbons (Fsp3) is 0.312. The molecule has 2 N–H and O–H groups in total. The van der Waals surface area contributed by atoms with Crippen molar-refractivity contribution in [2.75, 3.05) is 6.54 Å². The number of aryl methyl sites for hydroxylation is 1. The summed E-state index contributed by atoms with van der Waals surface area (Å²) in [5, 5.41) is 12.6. The molecule has 0 aliphatic carbocycles. The number of aliphatic carboxylic acids is 1. The number of carboxylic acids is 1. The molecular weight excluding hydrogens is 254 g/mol. The van der Waals surface area contributed by atoms with Gasteiger partial charge in [0.05, 0.1) is 12.0 Å². The fourth-order valence-corrected chi connectivity index (χ4v) is 2.11. The second-order valence-corrected chi connectivity index (χ2v) is 4.88. The number of hydrogen-bond donors (Lipinski definition) is 2. The number of carbonyl (C=O) groups is 1. The average Bonchev–Trinajstić information content (AvgIpc) is 2.86. The molecule has 1 aromatic carbocycles. The molecule has 1 heterocycles. The molecule has 2 aromatic rings. The third kappa shape index (κ3) is 3.48. The van der Waals surface area contributed by atoms with Crippen molar-refractivity contribution in [3.8, 4) is 0 Å².